The normalized spacial score (nSPS) is 11.1. The summed E-state index contributed by atoms with van der Waals surface area (Å²) in [6, 6.07) is 3.97. The van der Waals surface area contributed by atoms with Crippen LogP contribution in [0.3, 0.4) is 0 Å². The summed E-state index contributed by atoms with van der Waals surface area (Å²) in [4.78, 5) is 33.9. The van der Waals surface area contributed by atoms with Gasteiger partial charge in [-0.15, -0.1) is 11.3 Å². The maximum Gasteiger partial charge on any atom is 0.244 e. The molecule has 0 spiro atoms. The minimum absolute atomic E-state index is 0.0173. The zero-order valence-electron chi connectivity index (χ0n) is 19.3. The number of guanidine groups is 1. The van der Waals surface area contributed by atoms with Crippen molar-refractivity contribution in [3.8, 4) is 0 Å². The first-order valence-corrected chi connectivity index (χ1v) is 13.7. The first-order valence-electron chi connectivity index (χ1n) is 10.5. The lowest BCUT2D eigenvalue weighted by Gasteiger charge is -2.05. The van der Waals surface area contributed by atoms with Gasteiger partial charge in [-0.3, -0.25) is 9.59 Å². The van der Waals surface area contributed by atoms with Crippen molar-refractivity contribution in [3.63, 3.8) is 0 Å². The highest BCUT2D eigenvalue weighted by Gasteiger charge is 2.05. The van der Waals surface area contributed by atoms with Crippen molar-refractivity contribution in [2.24, 2.45) is 16.5 Å². The Balaban J connectivity index is 1.50. The van der Waals surface area contributed by atoms with Gasteiger partial charge in [-0.05, 0) is 26.2 Å². The molecule has 2 rings (SSSR count). The number of hydrogen-bond acceptors (Lipinski definition) is 9. The van der Waals surface area contributed by atoms with E-state index >= 15 is 0 Å². The first kappa shape index (κ1) is 27.8. The summed E-state index contributed by atoms with van der Waals surface area (Å²) >= 11 is 4.67. The molecule has 0 aliphatic carbocycles. The molecule has 186 valence electrons. The number of thioether (sulfide) groups is 2. The minimum Gasteiger partial charge on any atom is -0.464 e. The Kier molecular flexibility index (Phi) is 12.6. The van der Waals surface area contributed by atoms with Crippen molar-refractivity contribution in [3.05, 3.63) is 46.9 Å². The van der Waals surface area contributed by atoms with E-state index in [0.29, 0.717) is 29.7 Å². The number of thiazole rings is 1. The summed E-state index contributed by atoms with van der Waals surface area (Å²) in [5.41, 5.74) is 11.5. The minimum atomic E-state index is -0.305. The topological polar surface area (TPSA) is 152 Å². The van der Waals surface area contributed by atoms with E-state index in [2.05, 4.69) is 25.5 Å². The van der Waals surface area contributed by atoms with Crippen LogP contribution in [0.5, 0.6) is 0 Å². The van der Waals surface area contributed by atoms with Crippen LogP contribution in [0.25, 0.3) is 0 Å². The summed E-state index contributed by atoms with van der Waals surface area (Å²) < 4.78 is 5.75. The Bertz CT molecular complexity index is 968. The van der Waals surface area contributed by atoms with E-state index in [9.17, 15) is 9.59 Å². The van der Waals surface area contributed by atoms with Crippen LogP contribution < -0.4 is 22.1 Å². The molecule has 2 aromatic heterocycles. The average molecular weight is 526 g/mol. The predicted molar refractivity (Wildman–Crippen MR) is 141 cm³/mol. The largest absolute Gasteiger partial charge is 0.464 e. The molecule has 0 aromatic carbocycles. The molecule has 13 heteroatoms. The van der Waals surface area contributed by atoms with Gasteiger partial charge in [0.15, 0.2) is 5.96 Å². The van der Waals surface area contributed by atoms with Crippen LogP contribution in [0.1, 0.15) is 17.2 Å². The zero-order valence-corrected chi connectivity index (χ0v) is 21.7. The summed E-state index contributed by atoms with van der Waals surface area (Å²) in [5.74, 6) is 4.15. The van der Waals surface area contributed by atoms with Gasteiger partial charge in [0.05, 0.1) is 18.0 Å². The standard InChI is InChI=1S/C21H31N7O3S3/c1-28(2)11-16-3-4-17(31-16)14-33-10-8-25-19(30)6-5-18(29)24-7-9-32-12-15-13-34-21(26-15)27-20(22)23/h3-6,13H,7-12,14H2,1-2H3,(H,24,29)(H,25,30)(H4,22,23,26,27). The van der Waals surface area contributed by atoms with Gasteiger partial charge in [0.2, 0.25) is 16.9 Å². The second kappa shape index (κ2) is 15.4. The summed E-state index contributed by atoms with van der Waals surface area (Å²) in [5, 5.41) is 7.93. The predicted octanol–water partition coefficient (Wildman–Crippen LogP) is 1.66. The van der Waals surface area contributed by atoms with E-state index in [-0.39, 0.29) is 17.8 Å². The van der Waals surface area contributed by atoms with E-state index in [1.54, 1.807) is 23.5 Å². The van der Waals surface area contributed by atoms with Gasteiger partial charge in [0.1, 0.15) is 11.5 Å². The highest BCUT2D eigenvalue weighted by Crippen LogP contribution is 2.21. The SMILES string of the molecule is CN(C)Cc1ccc(CSCCNC(=O)C=CC(=O)NCCSCc2csc(N=C(N)N)n2)o1. The fourth-order valence-electron chi connectivity index (χ4n) is 2.53. The number of aliphatic imine (C=N–C) groups is 1. The van der Waals surface area contributed by atoms with Crippen molar-refractivity contribution in [2.45, 2.75) is 18.1 Å². The molecular weight excluding hydrogens is 494 g/mol. The lowest BCUT2D eigenvalue weighted by molar-refractivity contribution is -0.118. The number of carbonyl (C=O) groups is 2. The Morgan fingerprint density at radius 3 is 2.32 bits per heavy atom. The van der Waals surface area contributed by atoms with E-state index in [0.717, 1.165) is 35.3 Å². The number of hydrogen-bond donors (Lipinski definition) is 4. The van der Waals surface area contributed by atoms with Crippen LogP contribution in [-0.2, 0) is 27.6 Å². The molecule has 0 bridgehead atoms. The van der Waals surface area contributed by atoms with Gasteiger partial charge in [-0.25, -0.2) is 4.98 Å². The molecule has 6 N–H and O–H groups in total. The van der Waals surface area contributed by atoms with Crippen LogP contribution >= 0.6 is 34.9 Å². The van der Waals surface area contributed by atoms with Crippen LogP contribution in [-0.4, -0.2) is 66.3 Å². The molecule has 2 amide bonds. The van der Waals surface area contributed by atoms with Crippen LogP contribution in [0, 0.1) is 0 Å². The summed E-state index contributed by atoms with van der Waals surface area (Å²) in [7, 11) is 3.99. The molecule has 0 unspecified atom stereocenters. The molecule has 0 aliphatic heterocycles. The van der Waals surface area contributed by atoms with Crippen molar-refractivity contribution in [1.29, 1.82) is 0 Å². The Morgan fingerprint density at radius 2 is 1.71 bits per heavy atom. The van der Waals surface area contributed by atoms with E-state index in [4.69, 9.17) is 15.9 Å². The van der Waals surface area contributed by atoms with E-state index in [1.807, 2.05) is 31.6 Å². The molecule has 0 aliphatic rings. The highest BCUT2D eigenvalue weighted by molar-refractivity contribution is 7.98. The van der Waals surface area contributed by atoms with Gasteiger partial charge >= 0.3 is 0 Å². The molecule has 2 aromatic rings. The number of nitrogens with two attached hydrogens (primary N) is 2. The number of furan rings is 1. The van der Waals surface area contributed by atoms with E-state index in [1.165, 1.54) is 23.5 Å². The quantitative estimate of drug-likeness (QED) is 0.118. The average Bonchev–Trinajstić information content (AvgIpc) is 3.40. The van der Waals surface area contributed by atoms with Gasteiger partial charge in [0.25, 0.3) is 0 Å². The molecule has 0 atom stereocenters. The molecule has 0 fully saturated rings. The Morgan fingerprint density at radius 1 is 1.09 bits per heavy atom. The van der Waals surface area contributed by atoms with Crippen molar-refractivity contribution < 1.29 is 14.0 Å². The first-order chi connectivity index (χ1) is 16.3. The second-order valence-electron chi connectivity index (χ2n) is 7.28. The third-order valence-electron chi connectivity index (χ3n) is 3.93. The lowest BCUT2D eigenvalue weighted by Crippen LogP contribution is -2.26. The number of aromatic nitrogens is 1. The van der Waals surface area contributed by atoms with Crippen LogP contribution in [0.4, 0.5) is 5.13 Å². The molecular formula is C21H31N7O3S3. The number of amides is 2. The molecule has 0 saturated carbocycles. The summed E-state index contributed by atoms with van der Waals surface area (Å²) in [6.07, 6.45) is 2.48. The summed E-state index contributed by atoms with van der Waals surface area (Å²) in [6.45, 7) is 1.77. The third-order valence-corrected chi connectivity index (χ3v) is 6.68. The third kappa shape index (κ3) is 12.1. The molecule has 0 saturated heterocycles. The second-order valence-corrected chi connectivity index (χ2v) is 10.3. The van der Waals surface area contributed by atoms with Crippen LogP contribution in [0.15, 0.2) is 39.1 Å². The maximum absolute atomic E-state index is 11.8. The maximum atomic E-state index is 11.8. The molecule has 0 radical (unpaired) electrons. The Labute approximate surface area is 212 Å². The number of nitrogens with zero attached hydrogens (tertiary/aromatic N) is 3. The fraction of sp³-hybridized carbons (Fsp3) is 0.429. The van der Waals surface area contributed by atoms with Crippen molar-refractivity contribution in [1.82, 2.24) is 20.5 Å². The van der Waals surface area contributed by atoms with Gasteiger partial charge in [-0.2, -0.15) is 28.5 Å². The highest BCUT2D eigenvalue weighted by atomic mass is 32.2. The van der Waals surface area contributed by atoms with Crippen LogP contribution in [0.2, 0.25) is 0 Å². The van der Waals surface area contributed by atoms with Crippen molar-refractivity contribution >= 4 is 57.8 Å². The number of rotatable bonds is 15. The smallest absolute Gasteiger partial charge is 0.244 e. The molecule has 10 nitrogen and oxygen atoms in total. The monoisotopic (exact) mass is 525 g/mol. The van der Waals surface area contributed by atoms with E-state index < -0.39 is 0 Å². The zero-order chi connectivity index (χ0) is 24.8. The van der Waals surface area contributed by atoms with Gasteiger partial charge in [0, 0.05) is 47.9 Å². The number of carbonyl (C=O) groups excluding carboxylic acids is 2. The van der Waals surface area contributed by atoms with Gasteiger partial charge in [-0.1, -0.05) is 0 Å². The Hall–Kier alpha value is -2.48. The molecule has 2 heterocycles. The van der Waals surface area contributed by atoms with Gasteiger partial charge < -0.3 is 31.4 Å². The lowest BCUT2D eigenvalue weighted by atomic mass is 10.4. The number of nitrogens with one attached hydrogen (secondary N) is 2. The fourth-order valence-corrected chi connectivity index (χ4v) is 4.84. The van der Waals surface area contributed by atoms with Crippen molar-refractivity contribution in [2.75, 3.05) is 38.7 Å². The molecule has 34 heavy (non-hydrogen) atoms.